The zero-order chi connectivity index (χ0) is 23.0. The Morgan fingerprint density at radius 1 is 1.39 bits per heavy atom. The monoisotopic (exact) mass is 434 g/mol. The van der Waals surface area contributed by atoms with E-state index in [9.17, 15) is 24.6 Å². The molecule has 0 aliphatic carbocycles. The number of hydrogen-bond acceptors (Lipinski definition) is 8. The maximum Gasteiger partial charge on any atom is 0.338 e. The maximum absolute atomic E-state index is 12.9. The Bertz CT molecular complexity index is 902. The van der Waals surface area contributed by atoms with Crippen LogP contribution in [0.4, 0.5) is 0 Å². The Morgan fingerprint density at radius 3 is 2.65 bits per heavy atom. The highest BCUT2D eigenvalue weighted by molar-refractivity contribution is 5.96. The Morgan fingerprint density at radius 2 is 2.03 bits per heavy atom. The molecule has 31 heavy (non-hydrogen) atoms. The summed E-state index contributed by atoms with van der Waals surface area (Å²) < 4.78 is 16.7. The highest BCUT2D eigenvalue weighted by Gasteiger charge is 2.69. The molecule has 0 aromatic heterocycles. The van der Waals surface area contributed by atoms with Crippen LogP contribution in [0.25, 0.3) is 0 Å². The summed E-state index contributed by atoms with van der Waals surface area (Å²) in [5.74, 6) is -4.93. The van der Waals surface area contributed by atoms with Crippen molar-refractivity contribution in [2.45, 2.75) is 36.6 Å². The van der Waals surface area contributed by atoms with Crippen molar-refractivity contribution in [2.75, 3.05) is 27.3 Å². The van der Waals surface area contributed by atoms with E-state index in [1.54, 1.807) is 30.3 Å². The number of amides is 2. The highest BCUT2D eigenvalue weighted by atomic mass is 16.7. The first-order valence-corrected chi connectivity index (χ1v) is 9.68. The van der Waals surface area contributed by atoms with Gasteiger partial charge in [0.15, 0.2) is 6.10 Å². The number of benzene rings is 1. The molecule has 0 radical (unpaired) electrons. The first-order valence-electron chi connectivity index (χ1n) is 9.68. The molecule has 2 amide bonds. The van der Waals surface area contributed by atoms with E-state index in [-0.39, 0.29) is 24.2 Å². The molecule has 3 aliphatic heterocycles. The molecular formula is C21H26N2O8. The molecule has 10 heteroatoms. The number of esters is 1. The van der Waals surface area contributed by atoms with E-state index in [4.69, 9.17) is 14.2 Å². The molecule has 3 saturated heterocycles. The number of carbonyl (C=O) groups excluding carboxylic acids is 3. The SMILES string of the molecule is C=C1CCOC2(C(=O)NC)C(C(C)(O)COC(=O)c3ccccc3)OC1(O)C(=O)N2C. The average Bonchev–Trinajstić information content (AvgIpc) is 2.76. The number of fused-ring (bicyclic) bond motifs is 5. The Balaban J connectivity index is 1.98. The van der Waals surface area contributed by atoms with Crippen molar-refractivity contribution in [3.8, 4) is 0 Å². The van der Waals surface area contributed by atoms with Gasteiger partial charge in [-0.3, -0.25) is 9.59 Å². The van der Waals surface area contributed by atoms with Gasteiger partial charge in [0.25, 0.3) is 23.3 Å². The van der Waals surface area contributed by atoms with Gasteiger partial charge in [-0.05, 0) is 31.1 Å². The van der Waals surface area contributed by atoms with Crippen LogP contribution in [-0.2, 0) is 23.8 Å². The number of morpholine rings is 1. The second-order valence-corrected chi connectivity index (χ2v) is 7.78. The van der Waals surface area contributed by atoms with E-state index in [1.165, 1.54) is 21.0 Å². The zero-order valence-electron chi connectivity index (χ0n) is 17.6. The van der Waals surface area contributed by atoms with Gasteiger partial charge in [0.1, 0.15) is 12.2 Å². The molecule has 1 aromatic rings. The summed E-state index contributed by atoms with van der Waals surface area (Å²) in [6.07, 6.45) is -1.58. The molecule has 4 unspecified atom stereocenters. The predicted molar refractivity (Wildman–Crippen MR) is 106 cm³/mol. The lowest BCUT2D eigenvalue weighted by Gasteiger charge is -2.56. The van der Waals surface area contributed by atoms with Crippen LogP contribution >= 0.6 is 0 Å². The quantitative estimate of drug-likeness (QED) is 0.419. The molecule has 3 heterocycles. The molecule has 3 fully saturated rings. The molecule has 0 saturated carbocycles. The normalized spacial score (nSPS) is 30.2. The van der Waals surface area contributed by atoms with Crippen LogP contribution in [-0.4, -0.2) is 83.4 Å². The minimum Gasteiger partial charge on any atom is -0.459 e. The smallest absolute Gasteiger partial charge is 0.338 e. The van der Waals surface area contributed by atoms with Gasteiger partial charge in [0.2, 0.25) is 0 Å². The van der Waals surface area contributed by atoms with E-state index in [0.29, 0.717) is 0 Å². The molecule has 168 valence electrons. The Kier molecular flexibility index (Phi) is 5.94. The van der Waals surface area contributed by atoms with Crippen molar-refractivity contribution in [3.05, 3.63) is 48.0 Å². The van der Waals surface area contributed by atoms with Crippen molar-refractivity contribution in [3.63, 3.8) is 0 Å². The molecule has 0 spiro atoms. The van der Waals surface area contributed by atoms with Gasteiger partial charge in [0.05, 0.1) is 12.2 Å². The summed E-state index contributed by atoms with van der Waals surface area (Å²) >= 11 is 0. The van der Waals surface area contributed by atoms with Crippen LogP contribution in [0.5, 0.6) is 0 Å². The summed E-state index contributed by atoms with van der Waals surface area (Å²) in [5, 5.41) is 24.6. The van der Waals surface area contributed by atoms with E-state index >= 15 is 0 Å². The Labute approximate surface area is 179 Å². The van der Waals surface area contributed by atoms with Gasteiger partial charge in [-0.2, -0.15) is 0 Å². The maximum atomic E-state index is 12.9. The zero-order valence-corrected chi connectivity index (χ0v) is 17.6. The molecular weight excluding hydrogens is 408 g/mol. The van der Waals surface area contributed by atoms with E-state index in [2.05, 4.69) is 11.9 Å². The Hall–Kier alpha value is -2.79. The van der Waals surface area contributed by atoms with E-state index < -0.39 is 47.6 Å². The third kappa shape index (κ3) is 3.61. The van der Waals surface area contributed by atoms with Gasteiger partial charge >= 0.3 is 5.97 Å². The van der Waals surface area contributed by atoms with Crippen molar-refractivity contribution in [1.29, 1.82) is 0 Å². The number of carbonyl (C=O) groups is 3. The molecule has 3 N–H and O–H groups in total. The predicted octanol–water partition coefficient (Wildman–Crippen LogP) is -0.441. The van der Waals surface area contributed by atoms with Crippen LogP contribution in [0, 0.1) is 0 Å². The number of aliphatic hydroxyl groups is 2. The molecule has 4 atom stereocenters. The highest BCUT2D eigenvalue weighted by Crippen LogP contribution is 2.44. The van der Waals surface area contributed by atoms with Crippen LogP contribution in [0.15, 0.2) is 42.5 Å². The number of likely N-dealkylation sites (N-methyl/N-ethyl adjacent to an activating group) is 2. The molecule has 10 nitrogen and oxygen atoms in total. The number of nitrogens with one attached hydrogen (secondary N) is 1. The molecule has 4 rings (SSSR count). The third-order valence-electron chi connectivity index (χ3n) is 5.56. The minimum absolute atomic E-state index is 0.0108. The standard InChI is InChI=1S/C21H26N2O8/c1-13-10-11-30-20(17(25)22-3)16(31-21(13,28)18(26)23(20)4)19(2,27)12-29-15(24)14-8-6-5-7-9-14/h5-9,16,27-28H,1,10-12H2,2-4H3,(H,22,25). The largest absolute Gasteiger partial charge is 0.459 e. The molecule has 1 aromatic carbocycles. The lowest BCUT2D eigenvalue weighted by molar-refractivity contribution is -0.341. The van der Waals surface area contributed by atoms with Gasteiger partial charge in [-0.1, -0.05) is 24.8 Å². The van der Waals surface area contributed by atoms with Crippen LogP contribution in [0.1, 0.15) is 23.7 Å². The van der Waals surface area contributed by atoms with Crippen molar-refractivity contribution >= 4 is 17.8 Å². The van der Waals surface area contributed by atoms with Gasteiger partial charge in [0, 0.05) is 14.1 Å². The number of rotatable bonds is 5. The minimum atomic E-state index is -2.48. The summed E-state index contributed by atoms with van der Waals surface area (Å²) in [6.45, 7) is 4.26. The first kappa shape index (κ1) is 22.9. The van der Waals surface area contributed by atoms with Crippen LogP contribution in [0.3, 0.4) is 0 Å². The first-order chi connectivity index (χ1) is 14.5. The van der Waals surface area contributed by atoms with Crippen molar-refractivity contribution in [2.24, 2.45) is 0 Å². The van der Waals surface area contributed by atoms with Gasteiger partial charge in [-0.15, -0.1) is 0 Å². The van der Waals surface area contributed by atoms with Crippen LogP contribution < -0.4 is 5.32 Å². The number of nitrogens with zero attached hydrogens (tertiary/aromatic N) is 1. The second kappa shape index (κ2) is 8.04. The van der Waals surface area contributed by atoms with Gasteiger partial charge in [-0.25, -0.2) is 4.79 Å². The molecule has 3 aliphatic rings. The summed E-state index contributed by atoms with van der Waals surface area (Å²) in [6, 6.07) is 8.12. The van der Waals surface area contributed by atoms with E-state index in [0.717, 1.165) is 4.90 Å². The molecule has 2 bridgehead atoms. The fraction of sp³-hybridized carbons (Fsp3) is 0.476. The summed E-state index contributed by atoms with van der Waals surface area (Å²) in [7, 11) is 2.58. The van der Waals surface area contributed by atoms with Gasteiger partial charge < -0.3 is 34.6 Å². The average molecular weight is 434 g/mol. The summed E-state index contributed by atoms with van der Waals surface area (Å²) in [4.78, 5) is 39.1. The fourth-order valence-corrected chi connectivity index (χ4v) is 3.77. The lowest BCUT2D eigenvalue weighted by atomic mass is 9.83. The third-order valence-corrected chi connectivity index (χ3v) is 5.56. The lowest BCUT2D eigenvalue weighted by Crippen LogP contribution is -2.81. The number of ether oxygens (including phenoxy) is 3. The van der Waals surface area contributed by atoms with E-state index in [1.807, 2.05) is 0 Å². The topological polar surface area (TPSA) is 135 Å². The number of hydrogen-bond donors (Lipinski definition) is 3. The van der Waals surface area contributed by atoms with Crippen molar-refractivity contribution < 1.29 is 38.8 Å². The van der Waals surface area contributed by atoms with Crippen LogP contribution in [0.2, 0.25) is 0 Å². The summed E-state index contributed by atoms with van der Waals surface area (Å²) in [5.41, 5.74) is -3.91. The van der Waals surface area contributed by atoms with Crippen molar-refractivity contribution in [1.82, 2.24) is 10.2 Å². The fourth-order valence-electron chi connectivity index (χ4n) is 3.77. The second-order valence-electron chi connectivity index (χ2n) is 7.78.